The minimum atomic E-state index is -0.100. The summed E-state index contributed by atoms with van der Waals surface area (Å²) in [6.07, 6.45) is 0. The first-order valence-corrected chi connectivity index (χ1v) is 4.91. The summed E-state index contributed by atoms with van der Waals surface area (Å²) in [5, 5.41) is 0.592. The molecule has 3 nitrogen and oxygen atoms in total. The van der Waals surface area contributed by atoms with E-state index >= 15 is 0 Å². The van der Waals surface area contributed by atoms with Crippen molar-refractivity contribution in [1.82, 2.24) is 0 Å². The fourth-order valence-corrected chi connectivity index (χ4v) is 1.25. The largest absolute Gasteiger partial charge is 0.485 e. The van der Waals surface area contributed by atoms with Crippen molar-refractivity contribution >= 4 is 17.4 Å². The van der Waals surface area contributed by atoms with Gasteiger partial charge in [0.2, 0.25) is 0 Å². The van der Waals surface area contributed by atoms with Crippen LogP contribution in [0.4, 0.5) is 0 Å². The Morgan fingerprint density at radius 1 is 1.40 bits per heavy atom. The number of Topliss-reactive ketones (excluding diaryl/α,β-unsaturated/α-hetero) is 1. The fourth-order valence-electron chi connectivity index (χ4n) is 1.09. The molecular formula is C11H13ClO3. The lowest BCUT2D eigenvalue weighted by Gasteiger charge is -2.08. The molecule has 4 heteroatoms. The molecule has 0 atom stereocenters. The Labute approximate surface area is 93.9 Å². The smallest absolute Gasteiger partial charge is 0.195 e. The van der Waals surface area contributed by atoms with E-state index < -0.39 is 0 Å². The van der Waals surface area contributed by atoms with Gasteiger partial charge in [0.25, 0.3) is 0 Å². The maximum atomic E-state index is 11.1. The van der Waals surface area contributed by atoms with Gasteiger partial charge in [-0.25, -0.2) is 0 Å². The van der Waals surface area contributed by atoms with E-state index in [0.717, 1.165) is 5.56 Å². The van der Waals surface area contributed by atoms with Gasteiger partial charge < -0.3 is 9.47 Å². The van der Waals surface area contributed by atoms with Gasteiger partial charge >= 0.3 is 0 Å². The maximum absolute atomic E-state index is 11.1. The van der Waals surface area contributed by atoms with Crippen molar-refractivity contribution in [3.8, 4) is 5.75 Å². The Kier molecular flexibility index (Phi) is 4.59. The van der Waals surface area contributed by atoms with E-state index in [2.05, 4.69) is 0 Å². The third-order valence-corrected chi connectivity index (χ3v) is 2.08. The van der Waals surface area contributed by atoms with Crippen LogP contribution in [-0.4, -0.2) is 26.1 Å². The van der Waals surface area contributed by atoms with Gasteiger partial charge in [-0.05, 0) is 24.6 Å². The normalized spacial score (nSPS) is 10.1. The molecule has 1 aromatic rings. The van der Waals surface area contributed by atoms with E-state index in [1.54, 1.807) is 12.1 Å². The Morgan fingerprint density at radius 3 is 2.80 bits per heavy atom. The monoisotopic (exact) mass is 228 g/mol. The van der Waals surface area contributed by atoms with Crippen LogP contribution in [0.25, 0.3) is 0 Å². The van der Waals surface area contributed by atoms with Crippen LogP contribution in [0.2, 0.25) is 5.02 Å². The van der Waals surface area contributed by atoms with Crippen LogP contribution >= 0.6 is 11.6 Å². The number of benzene rings is 1. The van der Waals surface area contributed by atoms with Crippen LogP contribution in [0.5, 0.6) is 5.75 Å². The van der Waals surface area contributed by atoms with Crippen molar-refractivity contribution in [2.45, 2.75) is 6.92 Å². The van der Waals surface area contributed by atoms with Crippen LogP contribution in [0.1, 0.15) is 5.56 Å². The molecule has 0 saturated heterocycles. The van der Waals surface area contributed by atoms with Gasteiger partial charge in [-0.1, -0.05) is 17.7 Å². The Hall–Kier alpha value is -1.06. The molecule has 0 aliphatic carbocycles. The van der Waals surface area contributed by atoms with E-state index in [0.29, 0.717) is 10.8 Å². The van der Waals surface area contributed by atoms with Crippen LogP contribution in [-0.2, 0) is 9.53 Å². The number of carbonyl (C=O) groups is 1. The van der Waals surface area contributed by atoms with Crippen molar-refractivity contribution in [1.29, 1.82) is 0 Å². The zero-order valence-electron chi connectivity index (χ0n) is 8.75. The number of methoxy groups -OCH3 is 1. The molecule has 0 heterocycles. The first-order chi connectivity index (χ1) is 7.13. The Balaban J connectivity index is 2.57. The maximum Gasteiger partial charge on any atom is 0.195 e. The number of carbonyl (C=O) groups excluding carboxylic acids is 1. The van der Waals surface area contributed by atoms with Gasteiger partial charge in [0.1, 0.15) is 19.0 Å². The van der Waals surface area contributed by atoms with Crippen molar-refractivity contribution in [2.75, 3.05) is 20.3 Å². The lowest BCUT2D eigenvalue weighted by molar-refractivity contribution is -0.124. The first-order valence-electron chi connectivity index (χ1n) is 4.53. The summed E-state index contributed by atoms with van der Waals surface area (Å²) in [5.74, 6) is 0.531. The van der Waals surface area contributed by atoms with E-state index in [1.807, 2.05) is 13.0 Å². The minimum absolute atomic E-state index is 0.00895. The second-order valence-electron chi connectivity index (χ2n) is 3.17. The van der Waals surface area contributed by atoms with Gasteiger partial charge in [0, 0.05) is 12.1 Å². The molecule has 0 aliphatic heterocycles. The van der Waals surface area contributed by atoms with E-state index in [9.17, 15) is 4.79 Å². The van der Waals surface area contributed by atoms with Crippen LogP contribution in [0.15, 0.2) is 18.2 Å². The molecule has 0 radical (unpaired) electrons. The highest BCUT2D eigenvalue weighted by atomic mass is 35.5. The summed E-state index contributed by atoms with van der Waals surface area (Å²) in [6.45, 7) is 1.97. The quantitative estimate of drug-likeness (QED) is 0.776. The number of ketones is 1. The highest BCUT2D eigenvalue weighted by Crippen LogP contribution is 2.22. The molecule has 0 amide bonds. The van der Waals surface area contributed by atoms with Gasteiger partial charge in [-0.3, -0.25) is 4.79 Å². The number of hydrogen-bond acceptors (Lipinski definition) is 3. The van der Waals surface area contributed by atoms with Crippen molar-refractivity contribution < 1.29 is 14.3 Å². The summed E-state index contributed by atoms with van der Waals surface area (Å²) in [6, 6.07) is 5.32. The van der Waals surface area contributed by atoms with Gasteiger partial charge in [-0.2, -0.15) is 0 Å². The minimum Gasteiger partial charge on any atom is -0.485 e. The predicted octanol–water partition coefficient (Wildman–Crippen LogP) is 2.24. The molecule has 0 bridgehead atoms. The standard InChI is InChI=1S/C11H13ClO3/c1-8-3-4-9(12)5-11(8)15-7-10(13)6-14-2/h3-5H,6-7H2,1-2H3. The van der Waals surface area contributed by atoms with Crippen LogP contribution < -0.4 is 4.74 Å². The Morgan fingerprint density at radius 2 is 2.13 bits per heavy atom. The second-order valence-corrected chi connectivity index (χ2v) is 3.61. The molecule has 0 aromatic heterocycles. The molecular weight excluding hydrogens is 216 g/mol. The van der Waals surface area contributed by atoms with Crippen LogP contribution in [0.3, 0.4) is 0 Å². The van der Waals surface area contributed by atoms with Crippen molar-refractivity contribution in [2.24, 2.45) is 0 Å². The Bertz CT molecular complexity index is 350. The number of rotatable bonds is 5. The zero-order chi connectivity index (χ0) is 11.3. The zero-order valence-corrected chi connectivity index (χ0v) is 9.50. The second kappa shape index (κ2) is 5.73. The highest BCUT2D eigenvalue weighted by molar-refractivity contribution is 6.30. The third-order valence-electron chi connectivity index (χ3n) is 1.84. The molecule has 1 rings (SSSR count). The van der Waals surface area contributed by atoms with Crippen molar-refractivity contribution in [3.05, 3.63) is 28.8 Å². The van der Waals surface area contributed by atoms with E-state index in [-0.39, 0.29) is 19.0 Å². The van der Waals surface area contributed by atoms with Gasteiger partial charge in [0.05, 0.1) is 0 Å². The average Bonchev–Trinajstić information content (AvgIpc) is 2.20. The predicted molar refractivity (Wildman–Crippen MR) is 58.6 cm³/mol. The van der Waals surface area contributed by atoms with Gasteiger partial charge in [0.15, 0.2) is 5.78 Å². The summed E-state index contributed by atoms with van der Waals surface area (Å²) < 4.78 is 10.0. The highest BCUT2D eigenvalue weighted by Gasteiger charge is 2.05. The molecule has 0 fully saturated rings. The molecule has 0 unspecified atom stereocenters. The topological polar surface area (TPSA) is 35.5 Å². The fraction of sp³-hybridized carbons (Fsp3) is 0.364. The lowest BCUT2D eigenvalue weighted by atomic mass is 10.2. The number of halogens is 1. The molecule has 0 saturated carbocycles. The van der Waals surface area contributed by atoms with E-state index in [4.69, 9.17) is 21.1 Å². The molecule has 0 aliphatic rings. The number of hydrogen-bond donors (Lipinski definition) is 0. The molecule has 0 N–H and O–H groups in total. The summed E-state index contributed by atoms with van der Waals surface area (Å²) in [5.41, 5.74) is 0.949. The average molecular weight is 229 g/mol. The summed E-state index contributed by atoms with van der Waals surface area (Å²) in [4.78, 5) is 11.1. The van der Waals surface area contributed by atoms with Gasteiger partial charge in [-0.15, -0.1) is 0 Å². The molecule has 0 spiro atoms. The first kappa shape index (κ1) is 12.0. The number of ether oxygens (including phenoxy) is 2. The molecule has 15 heavy (non-hydrogen) atoms. The third kappa shape index (κ3) is 3.90. The van der Waals surface area contributed by atoms with E-state index in [1.165, 1.54) is 7.11 Å². The molecule has 1 aromatic carbocycles. The summed E-state index contributed by atoms with van der Waals surface area (Å²) in [7, 11) is 1.47. The molecule has 82 valence electrons. The van der Waals surface area contributed by atoms with Crippen molar-refractivity contribution in [3.63, 3.8) is 0 Å². The number of aryl methyl sites for hydroxylation is 1. The lowest BCUT2D eigenvalue weighted by Crippen LogP contribution is -2.16. The SMILES string of the molecule is COCC(=O)COc1cc(Cl)ccc1C. The summed E-state index contributed by atoms with van der Waals surface area (Å²) >= 11 is 5.80. The van der Waals surface area contributed by atoms with Crippen LogP contribution in [0, 0.1) is 6.92 Å².